The van der Waals surface area contributed by atoms with E-state index in [2.05, 4.69) is 6.92 Å². The second kappa shape index (κ2) is 4.48. The summed E-state index contributed by atoms with van der Waals surface area (Å²) in [4.78, 5) is 0. The Labute approximate surface area is 83.7 Å². The van der Waals surface area contributed by atoms with Crippen molar-refractivity contribution < 1.29 is 12.6 Å². The lowest BCUT2D eigenvalue weighted by Gasteiger charge is -2.16. The molecule has 0 saturated heterocycles. The largest absolute Gasteiger partial charge is 0.264 e. The van der Waals surface area contributed by atoms with Crippen LogP contribution in [0.15, 0.2) is 11.5 Å². The topological polar surface area (TPSA) is 43.4 Å². The number of rotatable bonds is 4. The van der Waals surface area contributed by atoms with Crippen LogP contribution in [0.25, 0.3) is 0 Å². The number of hydrogen-bond acceptors (Lipinski definition) is 4. The molecule has 0 aromatic carbocycles. The van der Waals surface area contributed by atoms with Crippen LogP contribution >= 0.6 is 11.8 Å². The molecule has 2 unspecified atom stereocenters. The highest BCUT2D eigenvalue weighted by Crippen LogP contribution is 2.30. The fourth-order valence-electron chi connectivity index (χ4n) is 1.24. The van der Waals surface area contributed by atoms with Crippen molar-refractivity contribution in [2.24, 2.45) is 0 Å². The Balaban J connectivity index is 2.53. The summed E-state index contributed by atoms with van der Waals surface area (Å²) in [6.45, 7) is 2.08. The van der Waals surface area contributed by atoms with Crippen LogP contribution in [0.5, 0.6) is 0 Å². The summed E-state index contributed by atoms with van der Waals surface area (Å²) in [5.74, 6) is 0. The molecular weight excluding hydrogens is 208 g/mol. The van der Waals surface area contributed by atoms with Crippen molar-refractivity contribution in [3.63, 3.8) is 0 Å². The van der Waals surface area contributed by atoms with Gasteiger partial charge in [-0.3, -0.25) is 4.18 Å². The summed E-state index contributed by atoms with van der Waals surface area (Å²) < 4.78 is 26.7. The molecule has 1 heterocycles. The van der Waals surface area contributed by atoms with Crippen LogP contribution in [-0.2, 0) is 14.3 Å². The Bertz CT molecular complexity index is 282. The molecule has 3 nitrogen and oxygen atoms in total. The number of hydrogen-bond donors (Lipinski definition) is 0. The van der Waals surface area contributed by atoms with Crippen LogP contribution in [0.4, 0.5) is 0 Å². The van der Waals surface area contributed by atoms with Crippen LogP contribution in [0.1, 0.15) is 19.8 Å². The summed E-state index contributed by atoms with van der Waals surface area (Å²) in [5, 5.41) is 2.18. The highest BCUT2D eigenvalue weighted by atomic mass is 32.2. The predicted octanol–water partition coefficient (Wildman–Crippen LogP) is 1.76. The minimum absolute atomic E-state index is 0.264. The van der Waals surface area contributed by atoms with Crippen molar-refractivity contribution in [1.29, 1.82) is 0 Å². The standard InChI is InChI=1S/C8H14O3S2/c1-3-4-8-7(5-6-12-8)11-13(2,9)10/h5-8H,3-4H2,1-2H3. The fraction of sp³-hybridized carbons (Fsp3) is 0.750. The lowest BCUT2D eigenvalue weighted by Crippen LogP contribution is -2.23. The first-order valence-corrected chi connectivity index (χ1v) is 6.99. The van der Waals surface area contributed by atoms with E-state index in [0.717, 1.165) is 19.1 Å². The van der Waals surface area contributed by atoms with Gasteiger partial charge in [-0.1, -0.05) is 13.3 Å². The molecule has 1 rings (SSSR count). The molecule has 1 aliphatic rings. The lowest BCUT2D eigenvalue weighted by atomic mass is 10.1. The van der Waals surface area contributed by atoms with Crippen molar-refractivity contribution in [2.75, 3.05) is 6.26 Å². The Morgan fingerprint density at radius 3 is 2.77 bits per heavy atom. The number of thioether (sulfide) groups is 1. The minimum atomic E-state index is -3.32. The highest BCUT2D eigenvalue weighted by molar-refractivity contribution is 8.03. The summed E-state index contributed by atoms with van der Waals surface area (Å²) in [6, 6.07) is 0. The Hall–Kier alpha value is -0.0000000000000000555. The van der Waals surface area contributed by atoms with Gasteiger partial charge in [0.1, 0.15) is 6.10 Å². The van der Waals surface area contributed by atoms with Crippen molar-refractivity contribution in [3.05, 3.63) is 11.5 Å². The first kappa shape index (κ1) is 11.1. The molecule has 0 aliphatic carbocycles. The molecule has 5 heteroatoms. The van der Waals surface area contributed by atoms with Crippen LogP contribution in [0, 0.1) is 0 Å². The van der Waals surface area contributed by atoms with E-state index < -0.39 is 10.1 Å². The summed E-state index contributed by atoms with van der Waals surface area (Å²) in [7, 11) is -3.32. The van der Waals surface area contributed by atoms with Gasteiger partial charge in [-0.15, -0.1) is 11.8 Å². The van der Waals surface area contributed by atoms with Crippen LogP contribution < -0.4 is 0 Å². The maximum Gasteiger partial charge on any atom is 0.264 e. The van der Waals surface area contributed by atoms with Crippen LogP contribution in [-0.4, -0.2) is 26.0 Å². The molecule has 0 bridgehead atoms. The van der Waals surface area contributed by atoms with Crippen LogP contribution in [0.2, 0.25) is 0 Å². The van der Waals surface area contributed by atoms with Crippen molar-refractivity contribution in [1.82, 2.24) is 0 Å². The first-order valence-electron chi connectivity index (χ1n) is 4.23. The molecule has 0 radical (unpaired) electrons. The molecule has 13 heavy (non-hydrogen) atoms. The molecule has 0 spiro atoms. The van der Waals surface area contributed by atoms with E-state index in [4.69, 9.17) is 4.18 Å². The van der Waals surface area contributed by atoms with Gasteiger partial charge in [0, 0.05) is 5.25 Å². The van der Waals surface area contributed by atoms with E-state index in [9.17, 15) is 8.42 Å². The third kappa shape index (κ3) is 3.70. The van der Waals surface area contributed by atoms with Gasteiger partial charge in [-0.2, -0.15) is 8.42 Å². The first-order chi connectivity index (χ1) is 6.03. The van der Waals surface area contributed by atoms with E-state index in [1.807, 2.05) is 11.5 Å². The zero-order chi connectivity index (χ0) is 9.90. The average molecular weight is 222 g/mol. The SMILES string of the molecule is CCCC1SC=CC1OS(C)(=O)=O. The Kier molecular flexibility index (Phi) is 3.82. The predicted molar refractivity (Wildman–Crippen MR) is 55.1 cm³/mol. The maximum atomic E-state index is 10.9. The van der Waals surface area contributed by atoms with Gasteiger partial charge < -0.3 is 0 Å². The second-order valence-corrected chi connectivity index (χ2v) is 5.81. The molecule has 0 amide bonds. The molecule has 1 aliphatic heterocycles. The Morgan fingerprint density at radius 2 is 2.23 bits per heavy atom. The van der Waals surface area contributed by atoms with E-state index >= 15 is 0 Å². The second-order valence-electron chi connectivity index (χ2n) is 3.06. The molecule has 0 fully saturated rings. The lowest BCUT2D eigenvalue weighted by molar-refractivity contribution is 0.252. The summed E-state index contributed by atoms with van der Waals surface area (Å²) in [6.07, 6.45) is 4.67. The zero-order valence-corrected chi connectivity index (χ0v) is 9.40. The van der Waals surface area contributed by atoms with E-state index in [1.54, 1.807) is 11.8 Å². The van der Waals surface area contributed by atoms with Crippen molar-refractivity contribution >= 4 is 21.9 Å². The molecule has 0 aromatic rings. The molecular formula is C8H14O3S2. The zero-order valence-electron chi connectivity index (χ0n) is 7.76. The average Bonchev–Trinajstić information content (AvgIpc) is 2.34. The van der Waals surface area contributed by atoms with E-state index in [0.29, 0.717) is 0 Å². The third-order valence-corrected chi connectivity index (χ3v) is 3.49. The van der Waals surface area contributed by atoms with Gasteiger partial charge in [0.05, 0.1) is 6.26 Å². The normalized spacial score (nSPS) is 28.2. The smallest absolute Gasteiger partial charge is 0.262 e. The molecule has 2 atom stereocenters. The van der Waals surface area contributed by atoms with Gasteiger partial charge in [-0.25, -0.2) is 0 Å². The monoisotopic (exact) mass is 222 g/mol. The fourth-order valence-corrected chi connectivity index (χ4v) is 3.03. The summed E-state index contributed by atoms with van der Waals surface area (Å²) in [5.41, 5.74) is 0. The van der Waals surface area contributed by atoms with Gasteiger partial charge in [0.15, 0.2) is 0 Å². The molecule has 0 aromatic heterocycles. The van der Waals surface area contributed by atoms with Gasteiger partial charge in [0.2, 0.25) is 0 Å². The van der Waals surface area contributed by atoms with Crippen LogP contribution in [0.3, 0.4) is 0 Å². The summed E-state index contributed by atoms with van der Waals surface area (Å²) >= 11 is 1.65. The van der Waals surface area contributed by atoms with Gasteiger partial charge in [0.25, 0.3) is 10.1 Å². The minimum Gasteiger partial charge on any atom is -0.262 e. The molecule has 0 saturated carbocycles. The van der Waals surface area contributed by atoms with E-state index in [1.165, 1.54) is 0 Å². The Morgan fingerprint density at radius 1 is 1.54 bits per heavy atom. The molecule has 0 N–H and O–H groups in total. The third-order valence-electron chi connectivity index (χ3n) is 1.75. The van der Waals surface area contributed by atoms with Gasteiger partial charge >= 0.3 is 0 Å². The highest BCUT2D eigenvalue weighted by Gasteiger charge is 2.26. The van der Waals surface area contributed by atoms with Crippen molar-refractivity contribution in [2.45, 2.75) is 31.1 Å². The van der Waals surface area contributed by atoms with Crippen molar-refractivity contribution in [3.8, 4) is 0 Å². The van der Waals surface area contributed by atoms with E-state index in [-0.39, 0.29) is 11.4 Å². The maximum absolute atomic E-state index is 10.9. The molecule has 76 valence electrons. The van der Waals surface area contributed by atoms with Gasteiger partial charge in [-0.05, 0) is 17.9 Å². The quantitative estimate of drug-likeness (QED) is 0.680.